The zero-order chi connectivity index (χ0) is 19.9. The molecular formula is C19H30N2O4S2. The van der Waals surface area contributed by atoms with Crippen LogP contribution in [-0.2, 0) is 14.8 Å². The van der Waals surface area contributed by atoms with Crippen LogP contribution in [0.3, 0.4) is 0 Å². The van der Waals surface area contributed by atoms with E-state index < -0.39 is 16.1 Å². The van der Waals surface area contributed by atoms with E-state index in [4.69, 9.17) is 0 Å². The molecule has 1 aromatic carbocycles. The first-order valence-electron chi connectivity index (χ1n) is 9.35. The van der Waals surface area contributed by atoms with Crippen molar-refractivity contribution in [3.8, 4) is 0 Å². The van der Waals surface area contributed by atoms with Crippen molar-refractivity contribution in [2.75, 3.05) is 18.6 Å². The van der Waals surface area contributed by atoms with Crippen molar-refractivity contribution >= 4 is 27.7 Å². The first-order valence-corrected chi connectivity index (χ1v) is 12.2. The summed E-state index contributed by atoms with van der Waals surface area (Å²) in [4.78, 5) is 12.8. The quantitative estimate of drug-likeness (QED) is 0.575. The Hall–Kier alpha value is -1.09. The summed E-state index contributed by atoms with van der Waals surface area (Å²) < 4.78 is 27.8. The summed E-state index contributed by atoms with van der Waals surface area (Å²) >= 11 is 1.57. The van der Waals surface area contributed by atoms with E-state index in [9.17, 15) is 18.3 Å². The molecule has 0 unspecified atom stereocenters. The third-order valence-corrected chi connectivity index (χ3v) is 7.01. The molecule has 1 fully saturated rings. The molecule has 0 saturated heterocycles. The predicted octanol–water partition coefficient (Wildman–Crippen LogP) is 2.06. The molecule has 3 atom stereocenters. The molecule has 1 aliphatic carbocycles. The zero-order valence-corrected chi connectivity index (χ0v) is 17.6. The summed E-state index contributed by atoms with van der Waals surface area (Å²) in [5.74, 6) is 0.615. The highest BCUT2D eigenvalue weighted by atomic mass is 32.2. The average molecular weight is 415 g/mol. The summed E-state index contributed by atoms with van der Waals surface area (Å²) in [6.45, 7) is 2.36. The van der Waals surface area contributed by atoms with Crippen molar-refractivity contribution in [2.45, 2.75) is 56.1 Å². The number of aliphatic hydroxyl groups is 1. The molecule has 1 saturated carbocycles. The Morgan fingerprint density at radius 3 is 2.63 bits per heavy atom. The van der Waals surface area contributed by atoms with Gasteiger partial charge in [-0.15, -0.1) is 0 Å². The third kappa shape index (κ3) is 7.10. The monoisotopic (exact) mass is 414 g/mol. The van der Waals surface area contributed by atoms with E-state index in [1.807, 2.05) is 13.2 Å². The average Bonchev–Trinajstić information content (AvgIpc) is 2.63. The molecule has 27 heavy (non-hydrogen) atoms. The third-order valence-electron chi connectivity index (χ3n) is 4.88. The van der Waals surface area contributed by atoms with Gasteiger partial charge in [0.1, 0.15) is 6.04 Å². The van der Waals surface area contributed by atoms with Gasteiger partial charge in [0.05, 0.1) is 11.0 Å². The molecule has 0 aromatic heterocycles. The van der Waals surface area contributed by atoms with E-state index in [1.54, 1.807) is 36.0 Å². The largest absolute Gasteiger partial charge is 0.393 e. The molecule has 1 aromatic rings. The van der Waals surface area contributed by atoms with Gasteiger partial charge in [0.2, 0.25) is 15.9 Å². The second kappa shape index (κ2) is 10.5. The fraction of sp³-hybridized carbons (Fsp3) is 0.632. The van der Waals surface area contributed by atoms with E-state index in [2.05, 4.69) is 10.0 Å². The van der Waals surface area contributed by atoms with Crippen molar-refractivity contribution in [1.82, 2.24) is 10.0 Å². The Kier molecular flexibility index (Phi) is 8.60. The maximum absolute atomic E-state index is 12.6. The normalized spacial score (nSPS) is 21.6. The van der Waals surface area contributed by atoms with Crippen LogP contribution in [-0.4, -0.2) is 50.1 Å². The van der Waals surface area contributed by atoms with Gasteiger partial charge in [-0.25, -0.2) is 8.42 Å². The van der Waals surface area contributed by atoms with Crippen LogP contribution in [0.15, 0.2) is 29.2 Å². The van der Waals surface area contributed by atoms with E-state index in [0.717, 1.165) is 24.8 Å². The summed E-state index contributed by atoms with van der Waals surface area (Å²) in [5.41, 5.74) is 0.972. The van der Waals surface area contributed by atoms with Gasteiger partial charge in [-0.2, -0.15) is 16.5 Å². The van der Waals surface area contributed by atoms with E-state index in [-0.39, 0.29) is 22.8 Å². The second-order valence-corrected chi connectivity index (χ2v) is 9.90. The molecule has 0 spiro atoms. The second-order valence-electron chi connectivity index (χ2n) is 7.20. The number of carbonyl (C=O) groups is 1. The number of benzene rings is 1. The van der Waals surface area contributed by atoms with Crippen LogP contribution in [0.4, 0.5) is 0 Å². The lowest BCUT2D eigenvalue weighted by molar-refractivity contribution is -0.123. The van der Waals surface area contributed by atoms with Crippen molar-refractivity contribution in [1.29, 1.82) is 0 Å². The molecule has 1 aliphatic rings. The minimum atomic E-state index is -3.76. The SMILES string of the molecule is CSCC[C@H](NS(=O)(=O)c1ccc(C)cc1)C(=O)NC[C@H]1CCC[C@@H](O)C1. The number of thioether (sulfide) groups is 1. The van der Waals surface area contributed by atoms with Crippen LogP contribution < -0.4 is 10.0 Å². The minimum Gasteiger partial charge on any atom is -0.393 e. The lowest BCUT2D eigenvalue weighted by Gasteiger charge is -2.27. The molecule has 6 nitrogen and oxygen atoms in total. The molecule has 8 heteroatoms. The van der Waals surface area contributed by atoms with E-state index in [1.165, 1.54) is 0 Å². The lowest BCUT2D eigenvalue weighted by Crippen LogP contribution is -2.48. The Bertz CT molecular complexity index is 707. The smallest absolute Gasteiger partial charge is 0.241 e. The molecule has 3 N–H and O–H groups in total. The number of nitrogens with one attached hydrogen (secondary N) is 2. The molecule has 0 aliphatic heterocycles. The van der Waals surface area contributed by atoms with Gasteiger partial charge < -0.3 is 10.4 Å². The maximum atomic E-state index is 12.6. The maximum Gasteiger partial charge on any atom is 0.241 e. The first kappa shape index (κ1) is 22.2. The van der Waals surface area contributed by atoms with Crippen LogP contribution in [0, 0.1) is 12.8 Å². The molecule has 2 rings (SSSR count). The highest BCUT2D eigenvalue weighted by Gasteiger charge is 2.27. The van der Waals surface area contributed by atoms with Gasteiger partial charge in [0.15, 0.2) is 0 Å². The Labute approximate surface area is 166 Å². The molecule has 0 bridgehead atoms. The lowest BCUT2D eigenvalue weighted by atomic mass is 9.87. The van der Waals surface area contributed by atoms with Gasteiger partial charge in [0.25, 0.3) is 0 Å². The summed E-state index contributed by atoms with van der Waals surface area (Å²) in [6.07, 6.45) is 5.48. The van der Waals surface area contributed by atoms with Crippen LogP contribution in [0.1, 0.15) is 37.7 Å². The summed E-state index contributed by atoms with van der Waals surface area (Å²) in [6, 6.07) is 5.76. The fourth-order valence-corrected chi connectivity index (χ4v) is 4.97. The minimum absolute atomic E-state index is 0.158. The fourth-order valence-electron chi connectivity index (χ4n) is 3.27. The number of hydrogen-bond acceptors (Lipinski definition) is 5. The molecule has 0 radical (unpaired) electrons. The van der Waals surface area contributed by atoms with Crippen LogP contribution >= 0.6 is 11.8 Å². The van der Waals surface area contributed by atoms with Gasteiger partial charge in [0, 0.05) is 6.54 Å². The number of aliphatic hydroxyl groups excluding tert-OH is 1. The standard InChI is InChI=1S/C19H30N2O4S2/c1-14-6-8-17(9-7-14)27(24,25)21-18(10-11-26-2)19(23)20-13-15-4-3-5-16(22)12-15/h6-9,15-16,18,21-22H,3-5,10-13H2,1-2H3,(H,20,23)/t15-,16+,18-/m0/s1. The molecule has 152 valence electrons. The van der Waals surface area contributed by atoms with Crippen LogP contribution in [0.2, 0.25) is 0 Å². The highest BCUT2D eigenvalue weighted by Crippen LogP contribution is 2.23. The number of aryl methyl sites for hydroxylation is 1. The number of carbonyl (C=O) groups excluding carboxylic acids is 1. The number of amides is 1. The van der Waals surface area contributed by atoms with Gasteiger partial charge in [-0.05, 0) is 62.7 Å². The van der Waals surface area contributed by atoms with E-state index in [0.29, 0.717) is 25.1 Å². The molecular weight excluding hydrogens is 384 g/mol. The molecule has 0 heterocycles. The Morgan fingerprint density at radius 1 is 1.30 bits per heavy atom. The van der Waals surface area contributed by atoms with Crippen molar-refractivity contribution in [3.05, 3.63) is 29.8 Å². The molecule has 1 amide bonds. The first-order chi connectivity index (χ1) is 12.8. The van der Waals surface area contributed by atoms with Gasteiger partial charge >= 0.3 is 0 Å². The van der Waals surface area contributed by atoms with Crippen molar-refractivity contribution < 1.29 is 18.3 Å². The number of sulfonamides is 1. The van der Waals surface area contributed by atoms with Gasteiger partial charge in [-0.1, -0.05) is 24.1 Å². The Balaban J connectivity index is 2.00. The zero-order valence-electron chi connectivity index (χ0n) is 16.0. The number of rotatable bonds is 9. The van der Waals surface area contributed by atoms with E-state index >= 15 is 0 Å². The van der Waals surface area contributed by atoms with Crippen molar-refractivity contribution in [3.63, 3.8) is 0 Å². The topological polar surface area (TPSA) is 95.5 Å². The number of hydrogen-bond donors (Lipinski definition) is 3. The van der Waals surface area contributed by atoms with Crippen LogP contribution in [0.25, 0.3) is 0 Å². The van der Waals surface area contributed by atoms with Gasteiger partial charge in [-0.3, -0.25) is 4.79 Å². The summed E-state index contributed by atoms with van der Waals surface area (Å²) in [7, 11) is -3.76. The predicted molar refractivity (Wildman–Crippen MR) is 109 cm³/mol. The Morgan fingerprint density at radius 2 is 2.00 bits per heavy atom. The summed E-state index contributed by atoms with van der Waals surface area (Å²) in [5, 5.41) is 12.6. The van der Waals surface area contributed by atoms with Crippen molar-refractivity contribution in [2.24, 2.45) is 5.92 Å². The van der Waals surface area contributed by atoms with Crippen LogP contribution in [0.5, 0.6) is 0 Å². The highest BCUT2D eigenvalue weighted by molar-refractivity contribution is 7.98.